The molecule has 1 saturated heterocycles. The molecule has 1 aliphatic carbocycles. The summed E-state index contributed by atoms with van der Waals surface area (Å²) in [5, 5.41) is 4.32. The normalized spacial score (nSPS) is 20.3. The molecule has 3 atom stereocenters. The summed E-state index contributed by atoms with van der Waals surface area (Å²) >= 11 is 0. The third-order valence-corrected chi connectivity index (χ3v) is 6.43. The molecule has 2 aliphatic rings. The Labute approximate surface area is 206 Å². The number of hydrazine groups is 1. The Morgan fingerprint density at radius 2 is 1.77 bits per heavy atom. The predicted octanol–water partition coefficient (Wildman–Crippen LogP) is 4.19. The van der Waals surface area contributed by atoms with Gasteiger partial charge in [0.15, 0.2) is 0 Å². The predicted molar refractivity (Wildman–Crippen MR) is 135 cm³/mol. The largest absolute Gasteiger partial charge is 0.491 e. The lowest BCUT2D eigenvalue weighted by Gasteiger charge is -2.38. The zero-order valence-corrected chi connectivity index (χ0v) is 20.5. The SMILES string of the molecule is CC(CCc1ccc(OC(C)C)cc1)NC(=O)c1cccc(N2NC(=O)C3CC=CCC3C2=O)c1. The van der Waals surface area contributed by atoms with Crippen LogP contribution >= 0.6 is 0 Å². The van der Waals surface area contributed by atoms with Crippen LogP contribution in [0.4, 0.5) is 5.69 Å². The van der Waals surface area contributed by atoms with Crippen LogP contribution in [-0.4, -0.2) is 29.9 Å². The lowest BCUT2D eigenvalue weighted by atomic mass is 9.80. The van der Waals surface area contributed by atoms with Crippen molar-refractivity contribution in [2.75, 3.05) is 5.01 Å². The first kappa shape index (κ1) is 24.5. The van der Waals surface area contributed by atoms with Gasteiger partial charge in [-0.05, 0) is 82.3 Å². The van der Waals surface area contributed by atoms with Gasteiger partial charge >= 0.3 is 0 Å². The average molecular weight is 476 g/mol. The van der Waals surface area contributed by atoms with Crippen LogP contribution in [-0.2, 0) is 16.0 Å². The topological polar surface area (TPSA) is 87.7 Å². The number of nitrogens with one attached hydrogen (secondary N) is 2. The van der Waals surface area contributed by atoms with E-state index in [0.717, 1.165) is 18.6 Å². The van der Waals surface area contributed by atoms with Crippen LogP contribution in [0.2, 0.25) is 0 Å². The third-order valence-electron chi connectivity index (χ3n) is 6.43. The van der Waals surface area contributed by atoms with E-state index in [4.69, 9.17) is 4.74 Å². The van der Waals surface area contributed by atoms with Gasteiger partial charge in [0.2, 0.25) is 11.8 Å². The fraction of sp³-hybridized carbons (Fsp3) is 0.393. The average Bonchev–Trinajstić information content (AvgIpc) is 2.85. The first-order chi connectivity index (χ1) is 16.8. The zero-order chi connectivity index (χ0) is 24.9. The maximum Gasteiger partial charge on any atom is 0.251 e. The minimum Gasteiger partial charge on any atom is -0.491 e. The van der Waals surface area contributed by atoms with Crippen molar-refractivity contribution in [3.8, 4) is 5.75 Å². The van der Waals surface area contributed by atoms with Gasteiger partial charge in [0, 0.05) is 11.6 Å². The van der Waals surface area contributed by atoms with Gasteiger partial charge < -0.3 is 10.1 Å². The summed E-state index contributed by atoms with van der Waals surface area (Å²) in [6.45, 7) is 5.97. The second-order valence-corrected chi connectivity index (χ2v) is 9.58. The van der Waals surface area contributed by atoms with Gasteiger partial charge in [-0.1, -0.05) is 30.4 Å². The second kappa shape index (κ2) is 10.8. The van der Waals surface area contributed by atoms with E-state index in [0.29, 0.717) is 24.1 Å². The molecule has 1 fully saturated rings. The molecule has 0 aromatic heterocycles. The van der Waals surface area contributed by atoms with Crippen molar-refractivity contribution in [3.63, 3.8) is 0 Å². The summed E-state index contributed by atoms with van der Waals surface area (Å²) < 4.78 is 5.68. The number of allylic oxidation sites excluding steroid dienone is 2. The van der Waals surface area contributed by atoms with Crippen molar-refractivity contribution in [3.05, 3.63) is 71.8 Å². The Bertz CT molecular complexity index is 1110. The number of fused-ring (bicyclic) bond motifs is 1. The smallest absolute Gasteiger partial charge is 0.251 e. The molecule has 1 aliphatic heterocycles. The highest BCUT2D eigenvalue weighted by atomic mass is 16.5. The summed E-state index contributed by atoms with van der Waals surface area (Å²) in [6.07, 6.45) is 6.79. The number of nitrogens with zero attached hydrogens (tertiary/aromatic N) is 1. The van der Waals surface area contributed by atoms with E-state index in [1.165, 1.54) is 10.6 Å². The van der Waals surface area contributed by atoms with Gasteiger partial charge in [-0.3, -0.25) is 19.8 Å². The Balaban J connectivity index is 1.35. The van der Waals surface area contributed by atoms with Crippen LogP contribution in [0.25, 0.3) is 0 Å². The Kier molecular flexibility index (Phi) is 7.54. The van der Waals surface area contributed by atoms with E-state index >= 15 is 0 Å². The van der Waals surface area contributed by atoms with Gasteiger partial charge in [-0.15, -0.1) is 0 Å². The number of ether oxygens (including phenoxy) is 1. The summed E-state index contributed by atoms with van der Waals surface area (Å²) in [5.41, 5.74) is 4.82. The number of carbonyl (C=O) groups excluding carboxylic acids is 3. The van der Waals surface area contributed by atoms with Gasteiger partial charge in [0.1, 0.15) is 5.75 Å². The maximum atomic E-state index is 13.0. The van der Waals surface area contributed by atoms with E-state index < -0.39 is 0 Å². The Hall–Kier alpha value is -3.61. The van der Waals surface area contributed by atoms with Crippen molar-refractivity contribution in [1.82, 2.24) is 10.7 Å². The Morgan fingerprint density at radius 1 is 1.06 bits per heavy atom. The van der Waals surface area contributed by atoms with Crippen molar-refractivity contribution in [2.24, 2.45) is 11.8 Å². The van der Waals surface area contributed by atoms with Crippen LogP contribution in [0.3, 0.4) is 0 Å². The summed E-state index contributed by atoms with van der Waals surface area (Å²) in [6, 6.07) is 14.8. The molecule has 4 rings (SSSR count). The number of hydrogen-bond donors (Lipinski definition) is 2. The lowest BCUT2D eigenvalue weighted by Crippen LogP contribution is -2.59. The standard InChI is InChI=1S/C28H33N3O4/c1-18(2)35-23-15-13-20(14-16-23)12-11-19(3)29-26(32)21-7-6-8-22(17-21)31-28(34)25-10-5-4-9-24(25)27(33)30-31/h4-8,13-19,24-25H,9-12H2,1-3H3,(H,29,32)(H,30,33). The van der Waals surface area contributed by atoms with Crippen LogP contribution in [0.1, 0.15) is 56.0 Å². The van der Waals surface area contributed by atoms with Crippen molar-refractivity contribution in [2.45, 2.75) is 58.6 Å². The number of aryl methyl sites for hydroxylation is 1. The highest BCUT2D eigenvalue weighted by Crippen LogP contribution is 2.32. The van der Waals surface area contributed by atoms with Gasteiger partial charge in [-0.2, -0.15) is 0 Å². The highest BCUT2D eigenvalue weighted by molar-refractivity contribution is 6.05. The zero-order valence-electron chi connectivity index (χ0n) is 20.5. The van der Waals surface area contributed by atoms with Crippen LogP contribution in [0.15, 0.2) is 60.7 Å². The van der Waals surface area contributed by atoms with E-state index in [-0.39, 0.29) is 41.7 Å². The fourth-order valence-electron chi connectivity index (χ4n) is 4.54. The van der Waals surface area contributed by atoms with Crippen LogP contribution in [0.5, 0.6) is 5.75 Å². The van der Waals surface area contributed by atoms with Crippen LogP contribution in [0, 0.1) is 11.8 Å². The fourth-order valence-corrected chi connectivity index (χ4v) is 4.54. The molecule has 0 radical (unpaired) electrons. The molecule has 2 aromatic carbocycles. The number of benzene rings is 2. The van der Waals surface area contributed by atoms with E-state index in [2.05, 4.69) is 10.7 Å². The molecule has 0 saturated carbocycles. The van der Waals surface area contributed by atoms with Crippen molar-refractivity contribution >= 4 is 23.4 Å². The van der Waals surface area contributed by atoms with E-state index in [1.807, 2.05) is 57.2 Å². The van der Waals surface area contributed by atoms with E-state index in [9.17, 15) is 14.4 Å². The number of amides is 3. The molecular formula is C28H33N3O4. The molecule has 184 valence electrons. The number of anilines is 1. The number of rotatable bonds is 8. The second-order valence-electron chi connectivity index (χ2n) is 9.58. The Morgan fingerprint density at radius 3 is 2.49 bits per heavy atom. The molecule has 3 unspecified atom stereocenters. The lowest BCUT2D eigenvalue weighted by molar-refractivity contribution is -0.139. The highest BCUT2D eigenvalue weighted by Gasteiger charge is 2.42. The van der Waals surface area contributed by atoms with Crippen LogP contribution < -0.4 is 20.5 Å². The first-order valence-corrected chi connectivity index (χ1v) is 12.3. The molecule has 0 bridgehead atoms. The summed E-state index contributed by atoms with van der Waals surface area (Å²) in [4.78, 5) is 38.5. The van der Waals surface area contributed by atoms with E-state index in [1.54, 1.807) is 24.3 Å². The first-order valence-electron chi connectivity index (χ1n) is 12.3. The molecule has 1 heterocycles. The third kappa shape index (κ3) is 5.91. The molecule has 0 spiro atoms. The summed E-state index contributed by atoms with van der Waals surface area (Å²) in [7, 11) is 0. The van der Waals surface area contributed by atoms with Crippen molar-refractivity contribution < 1.29 is 19.1 Å². The number of hydrogen-bond acceptors (Lipinski definition) is 4. The molecular weight excluding hydrogens is 442 g/mol. The monoisotopic (exact) mass is 475 g/mol. The van der Waals surface area contributed by atoms with Gasteiger partial charge in [0.05, 0.1) is 23.6 Å². The quantitative estimate of drug-likeness (QED) is 0.561. The van der Waals surface area contributed by atoms with Crippen molar-refractivity contribution in [1.29, 1.82) is 0 Å². The van der Waals surface area contributed by atoms with Gasteiger partial charge in [0.25, 0.3) is 5.91 Å². The molecule has 3 amide bonds. The number of carbonyl (C=O) groups is 3. The molecule has 2 N–H and O–H groups in total. The molecule has 7 heteroatoms. The minimum absolute atomic E-state index is 0.0381. The van der Waals surface area contributed by atoms with Gasteiger partial charge in [-0.25, -0.2) is 5.01 Å². The molecule has 7 nitrogen and oxygen atoms in total. The minimum atomic E-state index is -0.364. The summed E-state index contributed by atoms with van der Waals surface area (Å²) in [5.74, 6) is -0.355. The molecule has 2 aromatic rings. The maximum absolute atomic E-state index is 13.0. The molecule has 35 heavy (non-hydrogen) atoms.